The number of halogens is 4. The third kappa shape index (κ3) is 4.29. The molecular formula is C25H22ClF3N8O. The number of nitrogens with one attached hydrogen (secondary N) is 1. The van der Waals surface area contributed by atoms with Crippen LogP contribution in [-0.4, -0.2) is 47.6 Å². The molecule has 9 nitrogen and oxygen atoms in total. The Morgan fingerprint density at radius 2 is 1.95 bits per heavy atom. The summed E-state index contributed by atoms with van der Waals surface area (Å²) in [5.41, 5.74) is 1.59. The summed E-state index contributed by atoms with van der Waals surface area (Å²) in [6, 6.07) is 3.97. The van der Waals surface area contributed by atoms with Crippen LogP contribution in [0.5, 0.6) is 11.5 Å². The third-order valence-electron chi connectivity index (χ3n) is 6.76. The Hall–Kier alpha value is -3.90. The molecule has 0 spiro atoms. The summed E-state index contributed by atoms with van der Waals surface area (Å²) in [7, 11) is 3.63. The Balaban J connectivity index is 1.36. The first-order chi connectivity index (χ1) is 18.2. The van der Waals surface area contributed by atoms with Crippen molar-refractivity contribution in [2.24, 2.45) is 7.05 Å². The van der Waals surface area contributed by atoms with E-state index in [9.17, 15) is 13.2 Å². The summed E-state index contributed by atoms with van der Waals surface area (Å²) in [5, 5.41) is 7.51. The van der Waals surface area contributed by atoms with Crippen molar-refractivity contribution in [3.8, 4) is 11.5 Å². The van der Waals surface area contributed by atoms with Crippen molar-refractivity contribution in [1.82, 2.24) is 34.0 Å². The van der Waals surface area contributed by atoms with Gasteiger partial charge in [0, 0.05) is 31.2 Å². The molecule has 1 aromatic carbocycles. The second-order valence-corrected chi connectivity index (χ2v) is 9.60. The minimum Gasteiger partial charge on any atom is -0.450 e. The van der Waals surface area contributed by atoms with E-state index in [2.05, 4.69) is 30.3 Å². The van der Waals surface area contributed by atoms with Crippen LogP contribution in [0.3, 0.4) is 0 Å². The van der Waals surface area contributed by atoms with E-state index in [4.69, 9.17) is 16.3 Å². The highest BCUT2D eigenvalue weighted by molar-refractivity contribution is 6.36. The average molecular weight is 543 g/mol. The molecule has 38 heavy (non-hydrogen) atoms. The molecule has 0 aliphatic carbocycles. The van der Waals surface area contributed by atoms with Gasteiger partial charge in [0.2, 0.25) is 5.95 Å². The van der Waals surface area contributed by atoms with Gasteiger partial charge in [-0.3, -0.25) is 9.88 Å². The van der Waals surface area contributed by atoms with Crippen LogP contribution in [0.25, 0.3) is 16.7 Å². The van der Waals surface area contributed by atoms with Crippen LogP contribution in [0.2, 0.25) is 5.02 Å². The number of pyridine rings is 1. The van der Waals surface area contributed by atoms with Crippen molar-refractivity contribution in [2.45, 2.75) is 25.1 Å². The molecule has 0 saturated carbocycles. The van der Waals surface area contributed by atoms with Gasteiger partial charge in [-0.2, -0.15) is 23.3 Å². The first-order valence-corrected chi connectivity index (χ1v) is 12.2. The standard InChI is InChI=1S/C25H22ClF3N8O/c1-35-6-3-4-17(35)14-8-15(25(27,28)29)10-16(9-14)33-24-34-23-22(36(24)2)21(26)20(12-31-23)38-19-13-32-37-7-5-30-11-18(19)37/h5,7-13,17H,3-4,6H2,1-2H3,(H,31,33,34)/t17-/m1/s1. The number of hydrogen-bond acceptors (Lipinski definition) is 7. The fraction of sp³-hybridized carbons (Fsp3) is 0.280. The zero-order valence-electron chi connectivity index (χ0n) is 20.4. The number of likely N-dealkylation sites (tertiary alicyclic amines) is 1. The summed E-state index contributed by atoms with van der Waals surface area (Å²) < 4.78 is 50.5. The van der Waals surface area contributed by atoms with Gasteiger partial charge in [0.15, 0.2) is 17.1 Å². The van der Waals surface area contributed by atoms with Crippen LogP contribution >= 0.6 is 11.6 Å². The average Bonchev–Trinajstić information content (AvgIpc) is 3.58. The smallest absolute Gasteiger partial charge is 0.416 e. The molecule has 13 heteroatoms. The van der Waals surface area contributed by atoms with Gasteiger partial charge in [-0.15, -0.1) is 0 Å². The van der Waals surface area contributed by atoms with E-state index in [1.54, 1.807) is 47.0 Å². The van der Waals surface area contributed by atoms with Crippen LogP contribution in [0.4, 0.5) is 24.8 Å². The minimum atomic E-state index is -4.49. The summed E-state index contributed by atoms with van der Waals surface area (Å²) >= 11 is 6.69. The number of aromatic nitrogens is 6. The molecule has 4 aromatic heterocycles. The molecule has 5 aromatic rings. The summed E-state index contributed by atoms with van der Waals surface area (Å²) in [6.07, 6.45) is 5.14. The SMILES string of the molecule is CN1CCC[C@@H]1c1cc(Nc2nc3ncc(Oc4cnn5ccncc45)c(Cl)c3n2C)cc(C(F)(F)F)c1. The van der Waals surface area contributed by atoms with Crippen LogP contribution in [0, 0.1) is 0 Å². The molecule has 0 unspecified atom stereocenters. The fourth-order valence-electron chi connectivity index (χ4n) is 4.85. The van der Waals surface area contributed by atoms with Crippen molar-refractivity contribution >= 4 is 39.9 Å². The maximum atomic E-state index is 13.8. The normalized spacial score (nSPS) is 16.5. The number of fused-ring (bicyclic) bond motifs is 2. The molecule has 6 rings (SSSR count). The number of benzene rings is 1. The third-order valence-corrected chi connectivity index (χ3v) is 7.12. The Morgan fingerprint density at radius 1 is 1.11 bits per heavy atom. The fourth-order valence-corrected chi connectivity index (χ4v) is 5.14. The maximum Gasteiger partial charge on any atom is 0.416 e. The van der Waals surface area contributed by atoms with Gasteiger partial charge in [0.05, 0.1) is 24.2 Å². The monoisotopic (exact) mass is 542 g/mol. The van der Waals surface area contributed by atoms with Crippen LogP contribution in [-0.2, 0) is 13.2 Å². The molecule has 0 radical (unpaired) electrons. The summed E-state index contributed by atoms with van der Waals surface area (Å²) in [6.45, 7) is 0.842. The Bertz CT molecular complexity index is 1660. The minimum absolute atomic E-state index is 0.0794. The Morgan fingerprint density at radius 3 is 2.71 bits per heavy atom. The van der Waals surface area contributed by atoms with Gasteiger partial charge < -0.3 is 14.6 Å². The van der Waals surface area contributed by atoms with Crippen LogP contribution < -0.4 is 10.1 Å². The number of alkyl halides is 3. The number of imidazole rings is 1. The quantitative estimate of drug-likeness (QED) is 0.292. The van der Waals surface area contributed by atoms with Gasteiger partial charge in [-0.05, 0) is 50.2 Å². The van der Waals surface area contributed by atoms with E-state index in [0.717, 1.165) is 25.5 Å². The highest BCUT2D eigenvalue weighted by Crippen LogP contribution is 2.39. The number of ether oxygens (including phenoxy) is 1. The second kappa shape index (κ2) is 9.14. The number of anilines is 2. The molecule has 1 aliphatic rings. The highest BCUT2D eigenvalue weighted by Gasteiger charge is 2.33. The van der Waals surface area contributed by atoms with E-state index >= 15 is 0 Å². The molecular weight excluding hydrogens is 521 g/mol. The van der Waals surface area contributed by atoms with E-state index in [0.29, 0.717) is 28.0 Å². The molecule has 1 aliphatic heterocycles. The van der Waals surface area contributed by atoms with Crippen molar-refractivity contribution in [2.75, 3.05) is 18.9 Å². The topological polar surface area (TPSA) is 85.4 Å². The van der Waals surface area contributed by atoms with Gasteiger partial charge in [0.1, 0.15) is 16.1 Å². The number of aryl methyl sites for hydroxylation is 1. The Kier molecular flexibility index (Phi) is 5.88. The van der Waals surface area contributed by atoms with E-state index in [1.165, 1.54) is 12.3 Å². The molecule has 5 heterocycles. The van der Waals surface area contributed by atoms with Gasteiger partial charge in [0.25, 0.3) is 0 Å². The number of hydrogen-bond donors (Lipinski definition) is 1. The molecule has 1 N–H and O–H groups in total. The largest absolute Gasteiger partial charge is 0.450 e. The lowest BCUT2D eigenvalue weighted by Crippen LogP contribution is -2.18. The van der Waals surface area contributed by atoms with Gasteiger partial charge in [-0.25, -0.2) is 9.50 Å². The lowest BCUT2D eigenvalue weighted by molar-refractivity contribution is -0.137. The zero-order valence-corrected chi connectivity index (χ0v) is 21.1. The van der Waals surface area contributed by atoms with Gasteiger partial charge in [-0.1, -0.05) is 11.6 Å². The second-order valence-electron chi connectivity index (χ2n) is 9.23. The lowest BCUT2D eigenvalue weighted by Gasteiger charge is -2.22. The molecule has 196 valence electrons. The van der Waals surface area contributed by atoms with E-state index in [-0.39, 0.29) is 28.4 Å². The Labute approximate surface area is 219 Å². The summed E-state index contributed by atoms with van der Waals surface area (Å²) in [5.74, 6) is 1.00. The molecule has 1 saturated heterocycles. The van der Waals surface area contributed by atoms with E-state index in [1.807, 2.05) is 7.05 Å². The maximum absolute atomic E-state index is 13.8. The van der Waals surface area contributed by atoms with Crippen molar-refractivity contribution < 1.29 is 17.9 Å². The molecule has 0 bridgehead atoms. The lowest BCUT2D eigenvalue weighted by atomic mass is 10.0. The molecule has 0 amide bonds. The van der Waals surface area contributed by atoms with Crippen molar-refractivity contribution in [1.29, 1.82) is 0 Å². The number of nitrogens with zero attached hydrogens (tertiary/aromatic N) is 7. The molecule has 1 fully saturated rings. The van der Waals surface area contributed by atoms with Crippen molar-refractivity contribution in [3.05, 3.63) is 65.3 Å². The first kappa shape index (κ1) is 24.4. The first-order valence-electron chi connectivity index (χ1n) is 11.8. The predicted octanol–water partition coefficient (Wildman–Crippen LogP) is 5.99. The number of rotatable bonds is 5. The van der Waals surface area contributed by atoms with Gasteiger partial charge >= 0.3 is 6.18 Å². The summed E-state index contributed by atoms with van der Waals surface area (Å²) in [4.78, 5) is 15.0. The van der Waals surface area contributed by atoms with Crippen LogP contribution in [0.1, 0.15) is 30.0 Å². The zero-order chi connectivity index (χ0) is 26.6. The predicted molar refractivity (Wildman–Crippen MR) is 136 cm³/mol. The van der Waals surface area contributed by atoms with Crippen molar-refractivity contribution in [3.63, 3.8) is 0 Å². The van der Waals surface area contributed by atoms with E-state index < -0.39 is 11.7 Å². The molecule has 1 atom stereocenters. The highest BCUT2D eigenvalue weighted by atomic mass is 35.5. The van der Waals surface area contributed by atoms with Crippen LogP contribution in [0.15, 0.2) is 49.2 Å².